The molecule has 2 rings (SSSR count). The molecule has 0 saturated carbocycles. The maximum atomic E-state index is 5.95. The lowest BCUT2D eigenvalue weighted by Crippen LogP contribution is -2.25. The predicted octanol–water partition coefficient (Wildman–Crippen LogP) is 3.66. The molecule has 88 valence electrons. The maximum absolute atomic E-state index is 5.95. The van der Waals surface area contributed by atoms with Crippen LogP contribution in [0.1, 0.15) is 26.7 Å². The van der Waals surface area contributed by atoms with Gasteiger partial charge in [-0.2, -0.15) is 0 Å². The van der Waals surface area contributed by atoms with Crippen molar-refractivity contribution in [3.63, 3.8) is 0 Å². The lowest BCUT2D eigenvalue weighted by Gasteiger charge is -2.20. The van der Waals surface area contributed by atoms with E-state index in [-0.39, 0.29) is 5.60 Å². The molecule has 1 unspecified atom stereocenters. The molecule has 0 aromatic heterocycles. The second-order valence-electron chi connectivity index (χ2n) is 4.90. The Morgan fingerprint density at radius 3 is 2.81 bits per heavy atom. The zero-order valence-electron chi connectivity index (χ0n) is 9.79. The zero-order valence-corrected chi connectivity index (χ0v) is 12.0. The molecule has 0 radical (unpaired) electrons. The fraction of sp³-hybridized carbons (Fsp3) is 0.538. The van der Waals surface area contributed by atoms with E-state index in [4.69, 9.17) is 4.74 Å². The topological polar surface area (TPSA) is 21.3 Å². The highest BCUT2D eigenvalue weighted by molar-refractivity contribution is 14.1. The third-order valence-corrected chi connectivity index (χ3v) is 3.89. The summed E-state index contributed by atoms with van der Waals surface area (Å²) in [4.78, 5) is 0. The van der Waals surface area contributed by atoms with Gasteiger partial charge in [-0.1, -0.05) is 12.1 Å². The number of ether oxygens (including phenoxy) is 1. The highest BCUT2D eigenvalue weighted by Gasteiger charge is 2.31. The first-order chi connectivity index (χ1) is 7.57. The minimum absolute atomic E-state index is 0.0657. The van der Waals surface area contributed by atoms with Crippen molar-refractivity contribution in [3.8, 4) is 0 Å². The van der Waals surface area contributed by atoms with Gasteiger partial charge >= 0.3 is 0 Å². The first kappa shape index (κ1) is 12.2. The lowest BCUT2D eigenvalue weighted by atomic mass is 10.1. The number of halogens is 1. The van der Waals surface area contributed by atoms with Crippen LogP contribution in [0.25, 0.3) is 0 Å². The van der Waals surface area contributed by atoms with E-state index in [9.17, 15) is 0 Å². The van der Waals surface area contributed by atoms with Gasteiger partial charge in [-0.25, -0.2) is 0 Å². The Morgan fingerprint density at radius 1 is 1.44 bits per heavy atom. The van der Waals surface area contributed by atoms with E-state index >= 15 is 0 Å². The number of anilines is 1. The fourth-order valence-corrected chi connectivity index (χ4v) is 2.63. The minimum Gasteiger partial charge on any atom is -0.382 e. The SMILES string of the molecule is CC1(C)CCC(CNc2ccccc2I)O1. The molecule has 1 aromatic carbocycles. The highest BCUT2D eigenvalue weighted by Crippen LogP contribution is 2.29. The van der Waals surface area contributed by atoms with Crippen molar-refractivity contribution in [2.24, 2.45) is 0 Å². The van der Waals surface area contributed by atoms with E-state index in [1.54, 1.807) is 0 Å². The van der Waals surface area contributed by atoms with Gasteiger partial charge in [0.1, 0.15) is 0 Å². The molecular weight excluding hydrogens is 313 g/mol. The zero-order chi connectivity index (χ0) is 11.6. The van der Waals surface area contributed by atoms with Crippen LogP contribution in [0.15, 0.2) is 24.3 Å². The quantitative estimate of drug-likeness (QED) is 0.854. The van der Waals surface area contributed by atoms with Crippen LogP contribution < -0.4 is 5.32 Å². The van der Waals surface area contributed by atoms with E-state index in [0.717, 1.165) is 19.4 Å². The van der Waals surface area contributed by atoms with Crippen LogP contribution in [0.4, 0.5) is 5.69 Å². The van der Waals surface area contributed by atoms with Crippen LogP contribution in [-0.2, 0) is 4.74 Å². The van der Waals surface area contributed by atoms with Crippen LogP contribution in [0, 0.1) is 3.57 Å². The van der Waals surface area contributed by atoms with E-state index in [2.05, 4.69) is 66.0 Å². The van der Waals surface area contributed by atoms with E-state index in [1.165, 1.54) is 9.26 Å². The molecule has 1 fully saturated rings. The highest BCUT2D eigenvalue weighted by atomic mass is 127. The van der Waals surface area contributed by atoms with Gasteiger partial charge in [0.05, 0.1) is 11.7 Å². The molecule has 0 bridgehead atoms. The van der Waals surface area contributed by atoms with Crippen molar-refractivity contribution in [3.05, 3.63) is 27.8 Å². The summed E-state index contributed by atoms with van der Waals surface area (Å²) in [5.74, 6) is 0. The largest absolute Gasteiger partial charge is 0.382 e. The van der Waals surface area contributed by atoms with Crippen LogP contribution in [0.5, 0.6) is 0 Å². The third-order valence-electron chi connectivity index (χ3n) is 2.95. The van der Waals surface area contributed by atoms with Crippen LogP contribution >= 0.6 is 22.6 Å². The summed E-state index contributed by atoms with van der Waals surface area (Å²) in [5, 5.41) is 3.46. The molecule has 1 N–H and O–H groups in total. The summed E-state index contributed by atoms with van der Waals surface area (Å²) in [6.07, 6.45) is 2.67. The Morgan fingerprint density at radius 2 is 2.19 bits per heavy atom. The molecule has 0 spiro atoms. The fourth-order valence-electron chi connectivity index (χ4n) is 2.05. The van der Waals surface area contributed by atoms with Gasteiger partial charge in [0.25, 0.3) is 0 Å². The Balaban J connectivity index is 1.87. The van der Waals surface area contributed by atoms with Crippen LogP contribution in [0.2, 0.25) is 0 Å². The summed E-state index contributed by atoms with van der Waals surface area (Å²) in [6.45, 7) is 5.24. The van der Waals surface area contributed by atoms with E-state index in [0.29, 0.717) is 6.10 Å². The minimum atomic E-state index is 0.0657. The molecule has 0 amide bonds. The lowest BCUT2D eigenvalue weighted by molar-refractivity contribution is -0.00911. The second kappa shape index (κ2) is 4.92. The van der Waals surface area contributed by atoms with Crippen LogP contribution in [-0.4, -0.2) is 18.2 Å². The van der Waals surface area contributed by atoms with E-state index in [1.807, 2.05) is 0 Å². The smallest absolute Gasteiger partial charge is 0.0755 e. The van der Waals surface area contributed by atoms with Gasteiger partial charge < -0.3 is 10.1 Å². The van der Waals surface area contributed by atoms with Gasteiger partial charge in [0, 0.05) is 15.8 Å². The van der Waals surface area contributed by atoms with Crippen molar-refractivity contribution >= 4 is 28.3 Å². The molecule has 1 saturated heterocycles. The molecule has 1 atom stereocenters. The molecule has 3 heteroatoms. The maximum Gasteiger partial charge on any atom is 0.0755 e. The third kappa shape index (κ3) is 3.10. The second-order valence-corrected chi connectivity index (χ2v) is 6.06. The van der Waals surface area contributed by atoms with Crippen molar-refractivity contribution in [1.29, 1.82) is 0 Å². The molecule has 1 aliphatic heterocycles. The number of para-hydroxylation sites is 1. The van der Waals surface area contributed by atoms with Crippen molar-refractivity contribution in [2.75, 3.05) is 11.9 Å². The number of hydrogen-bond acceptors (Lipinski definition) is 2. The molecule has 0 aliphatic carbocycles. The average molecular weight is 331 g/mol. The van der Waals surface area contributed by atoms with Crippen molar-refractivity contribution in [1.82, 2.24) is 0 Å². The molecular formula is C13H18INO. The van der Waals surface area contributed by atoms with Crippen molar-refractivity contribution < 1.29 is 4.74 Å². The Bertz CT molecular complexity index is 365. The Kier molecular flexibility index (Phi) is 3.74. The summed E-state index contributed by atoms with van der Waals surface area (Å²) < 4.78 is 7.21. The molecule has 16 heavy (non-hydrogen) atoms. The number of rotatable bonds is 3. The normalized spacial score (nSPS) is 23.3. The first-order valence-electron chi connectivity index (χ1n) is 5.73. The van der Waals surface area contributed by atoms with Gasteiger partial charge in [0.2, 0.25) is 0 Å². The van der Waals surface area contributed by atoms with Gasteiger partial charge in [-0.05, 0) is 61.4 Å². The first-order valence-corrected chi connectivity index (χ1v) is 6.81. The average Bonchev–Trinajstić information content (AvgIpc) is 2.57. The summed E-state index contributed by atoms with van der Waals surface area (Å²) in [6, 6.07) is 8.34. The Labute approximate surface area is 111 Å². The summed E-state index contributed by atoms with van der Waals surface area (Å²) in [7, 11) is 0. The number of hydrogen-bond donors (Lipinski definition) is 1. The number of nitrogens with one attached hydrogen (secondary N) is 1. The summed E-state index contributed by atoms with van der Waals surface area (Å²) in [5.41, 5.74) is 1.27. The van der Waals surface area contributed by atoms with Gasteiger partial charge in [0.15, 0.2) is 0 Å². The van der Waals surface area contributed by atoms with E-state index < -0.39 is 0 Å². The van der Waals surface area contributed by atoms with Gasteiger partial charge in [-0.15, -0.1) is 0 Å². The predicted molar refractivity (Wildman–Crippen MR) is 75.8 cm³/mol. The molecule has 1 aliphatic rings. The molecule has 1 heterocycles. The summed E-state index contributed by atoms with van der Waals surface area (Å²) >= 11 is 2.35. The standard InChI is InChI=1S/C13H18INO/c1-13(2)8-7-10(16-13)9-15-12-6-4-3-5-11(12)14/h3-6,10,15H,7-9H2,1-2H3. The molecule has 1 aromatic rings. The molecule has 2 nitrogen and oxygen atoms in total. The Hall–Kier alpha value is -0.290. The van der Waals surface area contributed by atoms with Gasteiger partial charge in [-0.3, -0.25) is 0 Å². The number of benzene rings is 1. The van der Waals surface area contributed by atoms with Crippen molar-refractivity contribution in [2.45, 2.75) is 38.4 Å². The van der Waals surface area contributed by atoms with Crippen LogP contribution in [0.3, 0.4) is 0 Å². The monoisotopic (exact) mass is 331 g/mol.